The van der Waals surface area contributed by atoms with E-state index in [0.29, 0.717) is 29.7 Å². The number of benzene rings is 1. The summed E-state index contributed by atoms with van der Waals surface area (Å²) in [6, 6.07) is 7.21. The molecule has 1 aliphatic rings. The van der Waals surface area contributed by atoms with E-state index in [1.807, 2.05) is 0 Å². The van der Waals surface area contributed by atoms with Crippen LogP contribution in [-0.2, 0) is 11.0 Å². The number of aliphatic hydroxyl groups is 1. The van der Waals surface area contributed by atoms with Gasteiger partial charge in [0.25, 0.3) is 0 Å². The van der Waals surface area contributed by atoms with Gasteiger partial charge in [-0.05, 0) is 42.7 Å². The van der Waals surface area contributed by atoms with Crippen molar-refractivity contribution in [2.45, 2.75) is 37.6 Å². The van der Waals surface area contributed by atoms with Gasteiger partial charge in [0.2, 0.25) is 5.91 Å². The van der Waals surface area contributed by atoms with Gasteiger partial charge in [0.1, 0.15) is 11.5 Å². The van der Waals surface area contributed by atoms with Crippen molar-refractivity contribution in [2.24, 2.45) is 0 Å². The molecule has 4 rings (SSSR count). The Morgan fingerprint density at radius 3 is 2.52 bits per heavy atom. The number of hydrogen-bond acceptors (Lipinski definition) is 3. The van der Waals surface area contributed by atoms with Crippen LogP contribution in [0.2, 0.25) is 0 Å². The Bertz CT molecular complexity index is 1090. The first kappa shape index (κ1) is 19.4. The van der Waals surface area contributed by atoms with Crippen molar-refractivity contribution in [2.75, 3.05) is 0 Å². The van der Waals surface area contributed by atoms with Crippen molar-refractivity contribution >= 4 is 11.4 Å². The summed E-state index contributed by atoms with van der Waals surface area (Å²) in [5.74, 6) is -1.52. The van der Waals surface area contributed by atoms with E-state index < -0.39 is 35.1 Å². The fraction of sp³-hybridized carbons (Fsp3) is 0.300. The molecule has 0 bridgehead atoms. The van der Waals surface area contributed by atoms with Crippen molar-refractivity contribution in [3.8, 4) is 11.1 Å². The quantitative estimate of drug-likeness (QED) is 0.512. The fourth-order valence-electron chi connectivity index (χ4n) is 3.78. The molecule has 1 aliphatic carbocycles. The van der Waals surface area contributed by atoms with Crippen molar-refractivity contribution < 1.29 is 27.5 Å². The van der Waals surface area contributed by atoms with E-state index in [0.717, 1.165) is 12.1 Å². The maximum absolute atomic E-state index is 13.4. The second-order valence-electron chi connectivity index (χ2n) is 7.21. The Kier molecular flexibility index (Phi) is 4.38. The van der Waals surface area contributed by atoms with E-state index in [9.17, 15) is 27.5 Å². The first-order valence-corrected chi connectivity index (χ1v) is 8.95. The zero-order valence-electron chi connectivity index (χ0n) is 15.3. The van der Waals surface area contributed by atoms with E-state index in [1.165, 1.54) is 41.9 Å². The molecule has 0 spiro atoms. The topological polar surface area (TPSA) is 66.6 Å². The normalized spacial score (nSPS) is 21.8. The number of nitrogens with one attached hydrogen (secondary N) is 1. The Hall–Kier alpha value is -2.94. The van der Waals surface area contributed by atoms with E-state index >= 15 is 0 Å². The van der Waals surface area contributed by atoms with Gasteiger partial charge >= 0.3 is 6.18 Å². The average molecular weight is 407 g/mol. The lowest BCUT2D eigenvalue weighted by Crippen LogP contribution is -2.58. The maximum Gasteiger partial charge on any atom is 0.416 e. The number of carbonyl (C=O) groups excluding carboxylic acids is 1. The van der Waals surface area contributed by atoms with Crippen LogP contribution in [0.3, 0.4) is 0 Å². The molecule has 0 saturated heterocycles. The minimum absolute atomic E-state index is 0.179. The molecule has 1 aromatic carbocycles. The van der Waals surface area contributed by atoms with E-state index in [4.69, 9.17) is 0 Å². The Labute approximate surface area is 163 Å². The smallest absolute Gasteiger partial charge is 0.370 e. The van der Waals surface area contributed by atoms with Crippen molar-refractivity contribution in [3.63, 3.8) is 0 Å². The van der Waals surface area contributed by atoms with Crippen LogP contribution in [0.5, 0.6) is 0 Å². The fourth-order valence-corrected chi connectivity index (χ4v) is 3.78. The average Bonchev–Trinajstić information content (AvgIpc) is 2.98. The summed E-state index contributed by atoms with van der Waals surface area (Å²) >= 11 is 0. The molecule has 152 valence electrons. The van der Waals surface area contributed by atoms with Crippen LogP contribution in [0.25, 0.3) is 16.6 Å². The molecule has 2 N–H and O–H groups in total. The lowest BCUT2D eigenvalue weighted by molar-refractivity contribution is -0.138. The third-order valence-corrected chi connectivity index (χ3v) is 5.24. The van der Waals surface area contributed by atoms with Crippen LogP contribution in [0, 0.1) is 5.82 Å². The molecule has 0 radical (unpaired) electrons. The highest BCUT2D eigenvalue weighted by Crippen LogP contribution is 2.48. The van der Waals surface area contributed by atoms with Gasteiger partial charge in [-0.3, -0.25) is 4.79 Å². The lowest BCUT2D eigenvalue weighted by Gasteiger charge is -2.45. The molecule has 2 atom stereocenters. The number of halogens is 4. The van der Waals surface area contributed by atoms with Crippen LogP contribution in [0.4, 0.5) is 17.6 Å². The minimum atomic E-state index is -4.54. The molecular weight excluding hydrogens is 390 g/mol. The van der Waals surface area contributed by atoms with Gasteiger partial charge in [-0.2, -0.15) is 18.3 Å². The number of hydrogen-bond donors (Lipinski definition) is 2. The maximum atomic E-state index is 13.4. The van der Waals surface area contributed by atoms with Crippen LogP contribution >= 0.6 is 0 Å². The summed E-state index contributed by atoms with van der Waals surface area (Å²) in [4.78, 5) is 11.5. The molecule has 3 aromatic rings. The predicted molar refractivity (Wildman–Crippen MR) is 96.3 cm³/mol. The first-order chi connectivity index (χ1) is 13.6. The van der Waals surface area contributed by atoms with Gasteiger partial charge in [-0.1, -0.05) is 12.1 Å². The second-order valence-corrected chi connectivity index (χ2v) is 7.21. The molecule has 2 unspecified atom stereocenters. The molecule has 5 nitrogen and oxygen atoms in total. The molecule has 2 heterocycles. The van der Waals surface area contributed by atoms with Crippen molar-refractivity contribution in [1.29, 1.82) is 0 Å². The van der Waals surface area contributed by atoms with Gasteiger partial charge in [0, 0.05) is 18.7 Å². The van der Waals surface area contributed by atoms with E-state index in [2.05, 4.69) is 10.4 Å². The highest BCUT2D eigenvalue weighted by atomic mass is 19.4. The number of pyridine rings is 1. The third-order valence-electron chi connectivity index (χ3n) is 5.24. The number of aromatic nitrogens is 2. The van der Waals surface area contributed by atoms with Crippen molar-refractivity contribution in [1.82, 2.24) is 14.9 Å². The second kappa shape index (κ2) is 6.55. The SMILES string of the molecule is CC(=O)NC1(O)CCC1c1nn2ccc(C(F)(F)F)cc2c1-c1ccc(F)cc1. The van der Waals surface area contributed by atoms with Crippen LogP contribution in [-0.4, -0.2) is 26.4 Å². The molecule has 29 heavy (non-hydrogen) atoms. The zero-order chi connectivity index (χ0) is 21.0. The number of amides is 1. The minimum Gasteiger partial charge on any atom is -0.370 e. The molecule has 1 amide bonds. The van der Waals surface area contributed by atoms with Crippen LogP contribution in [0.1, 0.15) is 36.9 Å². The third kappa shape index (κ3) is 3.35. The monoisotopic (exact) mass is 407 g/mol. The Morgan fingerprint density at radius 2 is 1.97 bits per heavy atom. The van der Waals surface area contributed by atoms with Crippen molar-refractivity contribution in [3.05, 3.63) is 59.7 Å². The predicted octanol–water partition coefficient (Wildman–Crippen LogP) is 3.86. The first-order valence-electron chi connectivity index (χ1n) is 8.95. The molecule has 0 aliphatic heterocycles. The Balaban J connectivity index is 1.93. The molecule has 2 aromatic heterocycles. The van der Waals surface area contributed by atoms with Gasteiger partial charge in [-0.25, -0.2) is 8.91 Å². The highest BCUT2D eigenvalue weighted by molar-refractivity contribution is 5.84. The summed E-state index contributed by atoms with van der Waals surface area (Å²) in [7, 11) is 0. The number of fused-ring (bicyclic) bond motifs is 1. The number of nitrogens with zero attached hydrogens (tertiary/aromatic N) is 2. The lowest BCUT2D eigenvalue weighted by atomic mass is 9.72. The van der Waals surface area contributed by atoms with Crippen LogP contribution < -0.4 is 5.32 Å². The van der Waals surface area contributed by atoms with Gasteiger partial charge in [0.05, 0.1) is 22.7 Å². The largest absolute Gasteiger partial charge is 0.416 e. The van der Waals surface area contributed by atoms with E-state index in [1.54, 1.807) is 0 Å². The van der Waals surface area contributed by atoms with Crippen LogP contribution in [0.15, 0.2) is 42.6 Å². The summed E-state index contributed by atoms with van der Waals surface area (Å²) in [6.45, 7) is 1.27. The van der Waals surface area contributed by atoms with Gasteiger partial charge < -0.3 is 10.4 Å². The standard InChI is InChI=1S/C20H17F4N3O2/c1-11(28)25-19(29)8-6-15(19)18-17(12-2-4-14(21)5-3-12)16-10-13(20(22,23)24)7-9-27(16)26-18/h2-5,7,9-10,15,29H,6,8H2,1H3,(H,25,28). The van der Waals surface area contributed by atoms with Gasteiger partial charge in [-0.15, -0.1) is 0 Å². The number of rotatable bonds is 3. The number of alkyl halides is 3. The summed E-state index contributed by atoms with van der Waals surface area (Å²) in [6.07, 6.45) is -2.56. The highest BCUT2D eigenvalue weighted by Gasteiger charge is 2.49. The number of carbonyl (C=O) groups is 1. The Morgan fingerprint density at radius 1 is 1.28 bits per heavy atom. The summed E-state index contributed by atoms with van der Waals surface area (Å²) in [5, 5.41) is 17.7. The van der Waals surface area contributed by atoms with Gasteiger partial charge in [0.15, 0.2) is 0 Å². The summed E-state index contributed by atoms with van der Waals surface area (Å²) < 4.78 is 54.4. The van der Waals surface area contributed by atoms with E-state index in [-0.39, 0.29) is 5.52 Å². The molecular formula is C20H17F4N3O2. The zero-order valence-corrected chi connectivity index (χ0v) is 15.3. The molecule has 9 heteroatoms. The summed E-state index contributed by atoms with van der Waals surface area (Å²) in [5.41, 5.74) is -1.02. The molecule has 1 saturated carbocycles. The molecule has 1 fully saturated rings.